The third kappa shape index (κ3) is 3.09. The number of carbonyl (C=O) groups excluding carboxylic acids is 1. The maximum atomic E-state index is 13.2. The Hall–Kier alpha value is -1.46. The second-order valence-electron chi connectivity index (χ2n) is 5.97. The van der Waals surface area contributed by atoms with E-state index in [1.807, 2.05) is 12.1 Å². The smallest absolute Gasteiger partial charge is 0.225 e. The molecule has 0 aliphatic carbocycles. The molecule has 1 aromatic carbocycles. The van der Waals surface area contributed by atoms with Gasteiger partial charge >= 0.3 is 0 Å². The van der Waals surface area contributed by atoms with Crippen molar-refractivity contribution < 1.29 is 13.9 Å². The van der Waals surface area contributed by atoms with Crippen LogP contribution in [0.4, 0.5) is 4.39 Å². The molecule has 2 N–H and O–H groups in total. The molecule has 0 atom stereocenters. The fraction of sp³-hybridized carbons (Fsp3) is 0.562. The van der Waals surface area contributed by atoms with Crippen LogP contribution in [0.25, 0.3) is 0 Å². The lowest BCUT2D eigenvalue weighted by Gasteiger charge is -2.38. The van der Waals surface area contributed by atoms with Crippen LogP contribution in [-0.4, -0.2) is 38.8 Å². The van der Waals surface area contributed by atoms with Crippen LogP contribution in [0, 0.1) is 11.7 Å². The van der Waals surface area contributed by atoms with Crippen LogP contribution >= 0.6 is 0 Å². The van der Waals surface area contributed by atoms with Crippen molar-refractivity contribution in [1.82, 2.24) is 10.6 Å². The van der Waals surface area contributed by atoms with Crippen LogP contribution in [0.15, 0.2) is 24.3 Å². The molecule has 21 heavy (non-hydrogen) atoms. The lowest BCUT2D eigenvalue weighted by atomic mass is 9.74. The molecule has 0 radical (unpaired) electrons. The van der Waals surface area contributed by atoms with E-state index in [1.165, 1.54) is 12.1 Å². The van der Waals surface area contributed by atoms with E-state index in [1.54, 1.807) is 0 Å². The summed E-state index contributed by atoms with van der Waals surface area (Å²) in [6.07, 6.45) is 1.70. The van der Waals surface area contributed by atoms with Gasteiger partial charge in [-0.2, -0.15) is 0 Å². The standard InChI is InChI=1S/C16H21FN2O2/c17-14-3-1-13(2-4-14)16(5-7-21-8-6-16)11-19-15(20)12-9-18-10-12/h1-4,12,18H,5-11H2,(H,19,20). The summed E-state index contributed by atoms with van der Waals surface area (Å²) in [6, 6.07) is 6.64. The summed E-state index contributed by atoms with van der Waals surface area (Å²) in [4.78, 5) is 12.1. The number of ether oxygens (including phenoxy) is 1. The zero-order chi connectivity index (χ0) is 14.7. The summed E-state index contributed by atoms with van der Waals surface area (Å²) in [7, 11) is 0. The Bertz CT molecular complexity index is 494. The molecule has 1 amide bonds. The van der Waals surface area contributed by atoms with E-state index in [0.29, 0.717) is 19.8 Å². The second kappa shape index (κ2) is 6.12. The number of benzene rings is 1. The molecule has 4 nitrogen and oxygen atoms in total. The van der Waals surface area contributed by atoms with E-state index in [-0.39, 0.29) is 23.1 Å². The maximum absolute atomic E-state index is 13.2. The van der Waals surface area contributed by atoms with Gasteiger partial charge in [0, 0.05) is 38.3 Å². The first-order chi connectivity index (χ1) is 10.2. The minimum atomic E-state index is -0.231. The van der Waals surface area contributed by atoms with Gasteiger partial charge in [-0.15, -0.1) is 0 Å². The fourth-order valence-electron chi connectivity index (χ4n) is 3.01. The summed E-state index contributed by atoms with van der Waals surface area (Å²) < 4.78 is 18.6. The van der Waals surface area contributed by atoms with Crippen molar-refractivity contribution >= 4 is 5.91 Å². The Labute approximate surface area is 124 Å². The second-order valence-corrected chi connectivity index (χ2v) is 5.97. The Morgan fingerprint density at radius 1 is 1.29 bits per heavy atom. The van der Waals surface area contributed by atoms with E-state index in [4.69, 9.17) is 4.74 Å². The van der Waals surface area contributed by atoms with Gasteiger partial charge in [0.25, 0.3) is 0 Å². The molecular formula is C16H21FN2O2. The number of hydrogen-bond acceptors (Lipinski definition) is 3. The first-order valence-corrected chi connectivity index (χ1v) is 7.52. The SMILES string of the molecule is O=C(NCC1(c2ccc(F)cc2)CCOCC1)C1CNC1. The third-order valence-electron chi connectivity index (χ3n) is 4.66. The summed E-state index contributed by atoms with van der Waals surface area (Å²) >= 11 is 0. The minimum absolute atomic E-state index is 0.0927. The topological polar surface area (TPSA) is 50.4 Å². The molecule has 0 aromatic heterocycles. The number of nitrogens with one attached hydrogen (secondary N) is 2. The van der Waals surface area contributed by atoms with Gasteiger partial charge in [-0.25, -0.2) is 4.39 Å². The van der Waals surface area contributed by atoms with Gasteiger partial charge in [-0.3, -0.25) is 4.79 Å². The molecule has 3 rings (SSSR count). The Kier molecular flexibility index (Phi) is 4.22. The van der Waals surface area contributed by atoms with Gasteiger partial charge in [0.1, 0.15) is 5.82 Å². The molecule has 114 valence electrons. The highest BCUT2D eigenvalue weighted by Gasteiger charge is 2.36. The van der Waals surface area contributed by atoms with Crippen molar-refractivity contribution in [1.29, 1.82) is 0 Å². The van der Waals surface area contributed by atoms with Gasteiger partial charge in [-0.05, 0) is 30.5 Å². The molecule has 5 heteroatoms. The summed E-state index contributed by atoms with van der Waals surface area (Å²) in [6.45, 7) is 3.48. The lowest BCUT2D eigenvalue weighted by Crippen LogP contribution is -2.53. The van der Waals surface area contributed by atoms with Crippen LogP contribution in [0.1, 0.15) is 18.4 Å². The van der Waals surface area contributed by atoms with Crippen LogP contribution in [0.3, 0.4) is 0 Å². The zero-order valence-corrected chi connectivity index (χ0v) is 12.0. The Balaban J connectivity index is 1.73. The molecular weight excluding hydrogens is 271 g/mol. The average molecular weight is 292 g/mol. The zero-order valence-electron chi connectivity index (χ0n) is 12.0. The van der Waals surface area contributed by atoms with Crippen LogP contribution in [-0.2, 0) is 14.9 Å². The number of hydrogen-bond donors (Lipinski definition) is 2. The van der Waals surface area contributed by atoms with E-state index in [2.05, 4.69) is 10.6 Å². The van der Waals surface area contributed by atoms with Crippen LogP contribution < -0.4 is 10.6 Å². The van der Waals surface area contributed by atoms with Crippen molar-refractivity contribution in [3.63, 3.8) is 0 Å². The quantitative estimate of drug-likeness (QED) is 0.877. The predicted molar refractivity (Wildman–Crippen MR) is 77.5 cm³/mol. The molecule has 0 bridgehead atoms. The number of rotatable bonds is 4. The minimum Gasteiger partial charge on any atom is -0.381 e. The first-order valence-electron chi connectivity index (χ1n) is 7.52. The maximum Gasteiger partial charge on any atom is 0.225 e. The average Bonchev–Trinajstić information content (AvgIpc) is 2.45. The van der Waals surface area contributed by atoms with Gasteiger partial charge in [0.05, 0.1) is 5.92 Å². The largest absolute Gasteiger partial charge is 0.381 e. The number of amides is 1. The number of carbonyl (C=O) groups is 1. The molecule has 2 fully saturated rings. The van der Waals surface area contributed by atoms with Crippen molar-refractivity contribution in [2.75, 3.05) is 32.8 Å². The van der Waals surface area contributed by atoms with Crippen molar-refractivity contribution in [2.24, 2.45) is 5.92 Å². The summed E-state index contributed by atoms with van der Waals surface area (Å²) in [5, 5.41) is 6.19. The van der Waals surface area contributed by atoms with Crippen molar-refractivity contribution in [3.05, 3.63) is 35.6 Å². The normalized spacial score (nSPS) is 21.6. The molecule has 2 aliphatic heterocycles. The first kappa shape index (κ1) is 14.5. The van der Waals surface area contributed by atoms with E-state index >= 15 is 0 Å². The Morgan fingerprint density at radius 3 is 2.52 bits per heavy atom. The molecule has 1 aromatic rings. The van der Waals surface area contributed by atoms with Crippen LogP contribution in [0.5, 0.6) is 0 Å². The fourth-order valence-corrected chi connectivity index (χ4v) is 3.01. The highest BCUT2D eigenvalue weighted by Crippen LogP contribution is 2.34. The van der Waals surface area contributed by atoms with Gasteiger partial charge in [0.15, 0.2) is 0 Å². The van der Waals surface area contributed by atoms with Crippen molar-refractivity contribution in [2.45, 2.75) is 18.3 Å². The van der Waals surface area contributed by atoms with E-state index in [0.717, 1.165) is 31.5 Å². The van der Waals surface area contributed by atoms with E-state index in [9.17, 15) is 9.18 Å². The lowest BCUT2D eigenvalue weighted by molar-refractivity contribution is -0.126. The molecule has 2 heterocycles. The predicted octanol–water partition coefficient (Wildman–Crippen LogP) is 1.21. The van der Waals surface area contributed by atoms with E-state index < -0.39 is 0 Å². The highest BCUT2D eigenvalue weighted by molar-refractivity contribution is 5.80. The van der Waals surface area contributed by atoms with Crippen molar-refractivity contribution in [3.8, 4) is 0 Å². The molecule has 0 saturated carbocycles. The van der Waals surface area contributed by atoms with Gasteiger partial charge in [0.2, 0.25) is 5.91 Å². The molecule has 0 unspecified atom stereocenters. The molecule has 2 aliphatic rings. The molecule has 0 spiro atoms. The number of halogens is 1. The van der Waals surface area contributed by atoms with Gasteiger partial charge in [-0.1, -0.05) is 12.1 Å². The van der Waals surface area contributed by atoms with Gasteiger partial charge < -0.3 is 15.4 Å². The monoisotopic (exact) mass is 292 g/mol. The summed E-state index contributed by atoms with van der Waals surface area (Å²) in [5.74, 6) is -0.0256. The summed E-state index contributed by atoms with van der Waals surface area (Å²) in [5.41, 5.74) is 0.943. The highest BCUT2D eigenvalue weighted by atomic mass is 19.1. The van der Waals surface area contributed by atoms with Crippen LogP contribution in [0.2, 0.25) is 0 Å². The Morgan fingerprint density at radius 2 is 1.95 bits per heavy atom. The third-order valence-corrected chi connectivity index (χ3v) is 4.66. The molecule has 2 saturated heterocycles.